The molecule has 0 spiro atoms. The number of hydrogen-bond acceptors (Lipinski definition) is 0. The van der Waals surface area contributed by atoms with Crippen molar-refractivity contribution in [3.05, 3.63) is 89.5 Å². The summed E-state index contributed by atoms with van der Waals surface area (Å²) in [5.74, 6) is 0.588. The first-order valence-electron chi connectivity index (χ1n) is 8.14. The molecule has 0 N–H and O–H groups in total. The molecule has 0 bridgehead atoms. The minimum atomic E-state index is 0.588. The number of hydrogen-bond donors (Lipinski definition) is 0. The quantitative estimate of drug-likeness (QED) is 0.526. The molecule has 0 heteroatoms. The van der Waals surface area contributed by atoms with Crippen LogP contribution in [0.15, 0.2) is 78.4 Å². The molecule has 0 radical (unpaired) electrons. The van der Waals surface area contributed by atoms with Crippen molar-refractivity contribution in [3.63, 3.8) is 0 Å². The van der Waals surface area contributed by atoms with Crippen molar-refractivity contribution in [2.45, 2.75) is 25.2 Å². The van der Waals surface area contributed by atoms with E-state index in [2.05, 4.69) is 78.9 Å². The maximum Gasteiger partial charge on any atom is 0.00518 e. The van der Waals surface area contributed by atoms with Gasteiger partial charge in [0.2, 0.25) is 0 Å². The van der Waals surface area contributed by atoms with E-state index < -0.39 is 0 Å². The van der Waals surface area contributed by atoms with Gasteiger partial charge in [-0.25, -0.2) is 0 Å². The maximum atomic E-state index is 2.40. The SMILES string of the molecule is C(=C1/CCCC1c1ccc2ccccc2c1)/c1ccccc1. The zero-order valence-electron chi connectivity index (χ0n) is 12.7. The van der Waals surface area contributed by atoms with Gasteiger partial charge in [-0.05, 0) is 41.2 Å². The van der Waals surface area contributed by atoms with Crippen molar-refractivity contribution in [1.29, 1.82) is 0 Å². The summed E-state index contributed by atoms with van der Waals surface area (Å²) in [4.78, 5) is 0. The van der Waals surface area contributed by atoms with Crippen LogP contribution in [-0.4, -0.2) is 0 Å². The zero-order valence-corrected chi connectivity index (χ0v) is 12.7. The monoisotopic (exact) mass is 284 g/mol. The van der Waals surface area contributed by atoms with Crippen molar-refractivity contribution in [1.82, 2.24) is 0 Å². The van der Waals surface area contributed by atoms with Crippen LogP contribution in [0.1, 0.15) is 36.3 Å². The van der Waals surface area contributed by atoms with Crippen molar-refractivity contribution >= 4 is 16.8 Å². The lowest BCUT2D eigenvalue weighted by Crippen LogP contribution is -1.95. The molecule has 0 heterocycles. The van der Waals surface area contributed by atoms with Gasteiger partial charge in [-0.1, -0.05) is 84.4 Å². The Morgan fingerprint density at radius 3 is 2.41 bits per heavy atom. The Morgan fingerprint density at radius 1 is 0.773 bits per heavy atom. The standard InChI is InChI=1S/C22H20/c1-2-7-17(8-3-1)15-20-11-6-12-22(20)21-14-13-18-9-4-5-10-19(18)16-21/h1-5,7-10,13-16,22H,6,11-12H2/b20-15+. The summed E-state index contributed by atoms with van der Waals surface area (Å²) in [6.45, 7) is 0. The number of fused-ring (bicyclic) bond motifs is 1. The van der Waals surface area contributed by atoms with Gasteiger partial charge >= 0.3 is 0 Å². The molecule has 0 aliphatic heterocycles. The molecule has 1 saturated carbocycles. The lowest BCUT2D eigenvalue weighted by molar-refractivity contribution is 0.794. The summed E-state index contributed by atoms with van der Waals surface area (Å²) in [5.41, 5.74) is 4.38. The second kappa shape index (κ2) is 5.81. The average Bonchev–Trinajstić information content (AvgIpc) is 3.03. The Bertz CT molecular complexity index is 812. The minimum Gasteiger partial charge on any atom is -0.0622 e. The van der Waals surface area contributed by atoms with E-state index in [1.165, 1.54) is 41.2 Å². The molecule has 1 aliphatic carbocycles. The maximum absolute atomic E-state index is 2.40. The topological polar surface area (TPSA) is 0 Å². The first-order valence-corrected chi connectivity index (χ1v) is 8.14. The van der Waals surface area contributed by atoms with Gasteiger partial charge in [0.1, 0.15) is 0 Å². The predicted molar refractivity (Wildman–Crippen MR) is 95.0 cm³/mol. The zero-order chi connectivity index (χ0) is 14.8. The van der Waals surface area contributed by atoms with Crippen molar-refractivity contribution < 1.29 is 0 Å². The molecule has 0 aromatic heterocycles. The smallest absolute Gasteiger partial charge is 0.00518 e. The van der Waals surface area contributed by atoms with E-state index in [4.69, 9.17) is 0 Å². The minimum absolute atomic E-state index is 0.588. The summed E-state index contributed by atoms with van der Waals surface area (Å²) in [6.07, 6.45) is 6.20. The summed E-state index contributed by atoms with van der Waals surface area (Å²) in [5, 5.41) is 2.68. The van der Waals surface area contributed by atoms with Crippen LogP contribution in [-0.2, 0) is 0 Å². The molecule has 0 amide bonds. The molecule has 108 valence electrons. The third-order valence-electron chi connectivity index (χ3n) is 4.73. The first-order chi connectivity index (χ1) is 10.9. The molecule has 4 rings (SSSR count). The Morgan fingerprint density at radius 2 is 1.55 bits per heavy atom. The lowest BCUT2D eigenvalue weighted by atomic mass is 9.91. The van der Waals surface area contributed by atoms with Gasteiger partial charge in [-0.15, -0.1) is 0 Å². The molecule has 1 unspecified atom stereocenters. The third kappa shape index (κ3) is 2.57. The lowest BCUT2D eigenvalue weighted by Gasteiger charge is -2.14. The van der Waals surface area contributed by atoms with Crippen LogP contribution in [0, 0.1) is 0 Å². The Hall–Kier alpha value is -2.34. The fraction of sp³-hybridized carbons (Fsp3) is 0.182. The highest BCUT2D eigenvalue weighted by Crippen LogP contribution is 2.40. The van der Waals surface area contributed by atoms with Crippen LogP contribution in [0.5, 0.6) is 0 Å². The summed E-state index contributed by atoms with van der Waals surface area (Å²) in [7, 11) is 0. The van der Waals surface area contributed by atoms with Crippen molar-refractivity contribution in [2.24, 2.45) is 0 Å². The fourth-order valence-corrected chi connectivity index (χ4v) is 3.61. The number of benzene rings is 3. The molecule has 3 aromatic rings. The van der Waals surface area contributed by atoms with Gasteiger partial charge in [0.25, 0.3) is 0 Å². The van der Waals surface area contributed by atoms with Gasteiger partial charge < -0.3 is 0 Å². The molecular formula is C22H20. The van der Waals surface area contributed by atoms with E-state index >= 15 is 0 Å². The van der Waals surface area contributed by atoms with E-state index in [0.29, 0.717) is 5.92 Å². The normalized spacial score (nSPS) is 19.8. The molecule has 0 nitrogen and oxygen atoms in total. The number of allylic oxidation sites excluding steroid dienone is 1. The number of rotatable bonds is 2. The fourth-order valence-electron chi connectivity index (χ4n) is 3.61. The van der Waals surface area contributed by atoms with Crippen LogP contribution in [0.2, 0.25) is 0 Å². The molecule has 1 atom stereocenters. The Labute approximate surface area is 132 Å². The van der Waals surface area contributed by atoms with Gasteiger partial charge in [0, 0.05) is 5.92 Å². The van der Waals surface area contributed by atoms with E-state index in [1.54, 1.807) is 5.57 Å². The first kappa shape index (κ1) is 13.3. The van der Waals surface area contributed by atoms with Gasteiger partial charge in [0.05, 0.1) is 0 Å². The highest BCUT2D eigenvalue weighted by molar-refractivity contribution is 5.83. The van der Waals surface area contributed by atoms with E-state index in [0.717, 1.165) is 0 Å². The molecular weight excluding hydrogens is 264 g/mol. The molecule has 1 fully saturated rings. The third-order valence-corrected chi connectivity index (χ3v) is 4.73. The largest absolute Gasteiger partial charge is 0.0622 e. The second-order valence-corrected chi connectivity index (χ2v) is 6.18. The molecule has 1 aliphatic rings. The molecule has 0 saturated heterocycles. The van der Waals surface area contributed by atoms with E-state index in [9.17, 15) is 0 Å². The van der Waals surface area contributed by atoms with Crippen LogP contribution in [0.3, 0.4) is 0 Å². The van der Waals surface area contributed by atoms with E-state index in [1.807, 2.05) is 0 Å². The van der Waals surface area contributed by atoms with Gasteiger partial charge in [-0.2, -0.15) is 0 Å². The highest BCUT2D eigenvalue weighted by Gasteiger charge is 2.22. The summed E-state index contributed by atoms with van der Waals surface area (Å²) >= 11 is 0. The van der Waals surface area contributed by atoms with Crippen molar-refractivity contribution in [3.8, 4) is 0 Å². The second-order valence-electron chi connectivity index (χ2n) is 6.18. The van der Waals surface area contributed by atoms with Crippen LogP contribution >= 0.6 is 0 Å². The highest BCUT2D eigenvalue weighted by atomic mass is 14.3. The Kier molecular flexibility index (Phi) is 3.52. The summed E-state index contributed by atoms with van der Waals surface area (Å²) in [6, 6.07) is 26.3. The predicted octanol–water partition coefficient (Wildman–Crippen LogP) is 6.19. The van der Waals surface area contributed by atoms with Crippen LogP contribution < -0.4 is 0 Å². The van der Waals surface area contributed by atoms with Crippen LogP contribution in [0.25, 0.3) is 16.8 Å². The molecule has 3 aromatic carbocycles. The van der Waals surface area contributed by atoms with Crippen LogP contribution in [0.4, 0.5) is 0 Å². The van der Waals surface area contributed by atoms with Crippen molar-refractivity contribution in [2.75, 3.05) is 0 Å². The van der Waals surface area contributed by atoms with Gasteiger partial charge in [-0.3, -0.25) is 0 Å². The Balaban J connectivity index is 1.72. The van der Waals surface area contributed by atoms with Gasteiger partial charge in [0.15, 0.2) is 0 Å². The summed E-state index contributed by atoms with van der Waals surface area (Å²) < 4.78 is 0. The van der Waals surface area contributed by atoms with E-state index in [-0.39, 0.29) is 0 Å². The average molecular weight is 284 g/mol. The molecule has 22 heavy (non-hydrogen) atoms.